The second-order valence-electron chi connectivity index (χ2n) is 5.57. The molecule has 1 amide bonds. The van der Waals surface area contributed by atoms with Crippen LogP contribution in [-0.2, 0) is 4.79 Å². The number of rotatable bonds is 5. The normalized spacial score (nSPS) is 12.1. The zero-order chi connectivity index (χ0) is 17.0. The minimum absolute atomic E-state index is 0.271. The Hall–Kier alpha value is -1.71. The van der Waals surface area contributed by atoms with Crippen molar-refractivity contribution in [3.05, 3.63) is 58.1 Å². The molecule has 0 aliphatic carbocycles. The van der Waals surface area contributed by atoms with Crippen molar-refractivity contribution < 1.29 is 9.53 Å². The first-order valence-corrected chi connectivity index (χ1v) is 8.15. The van der Waals surface area contributed by atoms with Gasteiger partial charge in [0.05, 0.1) is 10.7 Å². The summed E-state index contributed by atoms with van der Waals surface area (Å²) in [5.41, 5.74) is 1.57. The zero-order valence-electron chi connectivity index (χ0n) is 13.3. The molecule has 2 aromatic rings. The molecule has 5 heteroatoms. The predicted molar refractivity (Wildman–Crippen MR) is 95.7 cm³/mol. The number of para-hydroxylation sites is 1. The van der Waals surface area contributed by atoms with Gasteiger partial charge in [0.2, 0.25) is 0 Å². The molecule has 0 fully saturated rings. The lowest BCUT2D eigenvalue weighted by molar-refractivity contribution is -0.122. The van der Waals surface area contributed by atoms with E-state index in [2.05, 4.69) is 19.2 Å². The summed E-state index contributed by atoms with van der Waals surface area (Å²) >= 11 is 11.9. The van der Waals surface area contributed by atoms with Crippen molar-refractivity contribution in [1.82, 2.24) is 0 Å². The highest BCUT2D eigenvalue weighted by Gasteiger charge is 2.18. The summed E-state index contributed by atoms with van der Waals surface area (Å²) in [6.45, 7) is 5.87. The van der Waals surface area contributed by atoms with E-state index in [0.717, 1.165) is 5.56 Å². The van der Waals surface area contributed by atoms with Gasteiger partial charge in [-0.05, 0) is 42.7 Å². The van der Waals surface area contributed by atoms with Crippen LogP contribution in [0.1, 0.15) is 32.3 Å². The highest BCUT2D eigenvalue weighted by molar-refractivity contribution is 6.36. The van der Waals surface area contributed by atoms with Gasteiger partial charge >= 0.3 is 0 Å². The standard InChI is InChI=1S/C18H19Cl2NO2/c1-11(2)14-6-4-5-7-17(14)23-12(3)18(22)21-16-9-8-13(19)10-15(16)20/h4-12H,1-3H3,(H,21,22)/t12-/m1/s1. The molecule has 0 radical (unpaired) electrons. The molecule has 2 rings (SSSR count). The molecule has 0 aliphatic heterocycles. The van der Waals surface area contributed by atoms with Crippen LogP contribution in [0.25, 0.3) is 0 Å². The average Bonchev–Trinajstić information content (AvgIpc) is 2.50. The molecule has 0 heterocycles. The topological polar surface area (TPSA) is 38.3 Å². The van der Waals surface area contributed by atoms with E-state index in [4.69, 9.17) is 27.9 Å². The van der Waals surface area contributed by atoms with Gasteiger partial charge in [-0.25, -0.2) is 0 Å². The summed E-state index contributed by atoms with van der Waals surface area (Å²) < 4.78 is 5.82. The van der Waals surface area contributed by atoms with Crippen molar-refractivity contribution in [3.63, 3.8) is 0 Å². The number of anilines is 1. The van der Waals surface area contributed by atoms with Gasteiger partial charge in [-0.2, -0.15) is 0 Å². The van der Waals surface area contributed by atoms with Crippen LogP contribution in [0, 0.1) is 0 Å². The molecule has 122 valence electrons. The number of amides is 1. The third kappa shape index (κ3) is 4.63. The van der Waals surface area contributed by atoms with Crippen molar-refractivity contribution in [2.24, 2.45) is 0 Å². The molecule has 0 unspecified atom stereocenters. The number of nitrogens with one attached hydrogen (secondary N) is 1. The van der Waals surface area contributed by atoms with E-state index in [9.17, 15) is 4.79 Å². The van der Waals surface area contributed by atoms with Crippen LogP contribution in [0.5, 0.6) is 5.75 Å². The third-order valence-electron chi connectivity index (χ3n) is 3.40. The molecule has 1 N–H and O–H groups in total. The van der Waals surface area contributed by atoms with Gasteiger partial charge < -0.3 is 10.1 Å². The Kier molecular flexibility index (Phi) is 5.91. The molecule has 0 spiro atoms. The van der Waals surface area contributed by atoms with Crippen LogP contribution in [-0.4, -0.2) is 12.0 Å². The summed E-state index contributed by atoms with van der Waals surface area (Å²) in [6.07, 6.45) is -0.651. The van der Waals surface area contributed by atoms with E-state index in [1.54, 1.807) is 25.1 Å². The molecule has 0 saturated carbocycles. The SMILES string of the molecule is CC(C)c1ccccc1O[C@H](C)C(=O)Nc1ccc(Cl)cc1Cl. The smallest absolute Gasteiger partial charge is 0.265 e. The number of hydrogen-bond acceptors (Lipinski definition) is 2. The zero-order valence-corrected chi connectivity index (χ0v) is 14.8. The van der Waals surface area contributed by atoms with Crippen LogP contribution in [0.3, 0.4) is 0 Å². The highest BCUT2D eigenvalue weighted by Crippen LogP contribution is 2.28. The van der Waals surface area contributed by atoms with E-state index >= 15 is 0 Å². The first-order chi connectivity index (χ1) is 10.9. The predicted octanol–water partition coefficient (Wildman–Crippen LogP) is 5.52. The quantitative estimate of drug-likeness (QED) is 0.769. The van der Waals surface area contributed by atoms with Crippen molar-refractivity contribution in [2.45, 2.75) is 32.8 Å². The number of carbonyl (C=O) groups is 1. The van der Waals surface area contributed by atoms with Gasteiger partial charge in [-0.3, -0.25) is 4.79 Å². The number of benzene rings is 2. The molecule has 23 heavy (non-hydrogen) atoms. The van der Waals surface area contributed by atoms with E-state index in [0.29, 0.717) is 27.4 Å². The van der Waals surface area contributed by atoms with Crippen LogP contribution < -0.4 is 10.1 Å². The van der Waals surface area contributed by atoms with Crippen molar-refractivity contribution >= 4 is 34.8 Å². The number of hydrogen-bond donors (Lipinski definition) is 1. The monoisotopic (exact) mass is 351 g/mol. The Morgan fingerprint density at radius 1 is 1.09 bits per heavy atom. The second-order valence-corrected chi connectivity index (χ2v) is 6.41. The largest absolute Gasteiger partial charge is 0.481 e. The molecule has 2 aromatic carbocycles. The van der Waals surface area contributed by atoms with Crippen molar-refractivity contribution in [2.75, 3.05) is 5.32 Å². The van der Waals surface area contributed by atoms with Gasteiger partial charge in [-0.1, -0.05) is 55.2 Å². The minimum Gasteiger partial charge on any atom is -0.481 e. The van der Waals surface area contributed by atoms with Gasteiger partial charge in [0, 0.05) is 5.02 Å². The number of ether oxygens (including phenoxy) is 1. The molecule has 0 aromatic heterocycles. The maximum absolute atomic E-state index is 12.3. The second kappa shape index (κ2) is 7.71. The summed E-state index contributed by atoms with van der Waals surface area (Å²) in [5, 5.41) is 3.66. The molecule has 0 bridgehead atoms. The molecular formula is C18H19Cl2NO2. The summed E-state index contributed by atoms with van der Waals surface area (Å²) in [6, 6.07) is 12.6. The summed E-state index contributed by atoms with van der Waals surface area (Å²) in [7, 11) is 0. The fourth-order valence-electron chi connectivity index (χ4n) is 2.13. The van der Waals surface area contributed by atoms with Gasteiger partial charge in [-0.15, -0.1) is 0 Å². The molecule has 0 saturated heterocycles. The summed E-state index contributed by atoms with van der Waals surface area (Å²) in [5.74, 6) is 0.757. The van der Waals surface area contributed by atoms with Crippen LogP contribution in [0.2, 0.25) is 10.0 Å². The lowest BCUT2D eigenvalue weighted by atomic mass is 10.0. The highest BCUT2D eigenvalue weighted by atomic mass is 35.5. The van der Waals surface area contributed by atoms with E-state index in [1.165, 1.54) is 0 Å². The number of carbonyl (C=O) groups excluding carboxylic acids is 1. The Morgan fingerprint density at radius 2 is 1.78 bits per heavy atom. The number of halogens is 2. The van der Waals surface area contributed by atoms with Crippen LogP contribution in [0.15, 0.2) is 42.5 Å². The third-order valence-corrected chi connectivity index (χ3v) is 3.95. The lowest BCUT2D eigenvalue weighted by Gasteiger charge is -2.19. The first-order valence-electron chi connectivity index (χ1n) is 7.40. The average molecular weight is 352 g/mol. The van der Waals surface area contributed by atoms with Crippen LogP contribution in [0.4, 0.5) is 5.69 Å². The molecular weight excluding hydrogens is 333 g/mol. The van der Waals surface area contributed by atoms with E-state index in [-0.39, 0.29) is 5.91 Å². The lowest BCUT2D eigenvalue weighted by Crippen LogP contribution is -2.30. The van der Waals surface area contributed by atoms with Gasteiger partial charge in [0.15, 0.2) is 6.10 Å². The Bertz CT molecular complexity index is 701. The summed E-state index contributed by atoms with van der Waals surface area (Å²) in [4.78, 5) is 12.3. The Labute approximate surface area is 146 Å². The Balaban J connectivity index is 2.09. The molecule has 3 nitrogen and oxygen atoms in total. The molecule has 1 atom stereocenters. The van der Waals surface area contributed by atoms with Crippen molar-refractivity contribution in [3.8, 4) is 5.75 Å². The minimum atomic E-state index is -0.651. The maximum atomic E-state index is 12.3. The van der Waals surface area contributed by atoms with Crippen LogP contribution >= 0.6 is 23.2 Å². The van der Waals surface area contributed by atoms with Gasteiger partial charge in [0.25, 0.3) is 5.91 Å². The fourth-order valence-corrected chi connectivity index (χ4v) is 2.59. The first kappa shape index (κ1) is 17.6. The van der Waals surface area contributed by atoms with Gasteiger partial charge in [0.1, 0.15) is 5.75 Å². The maximum Gasteiger partial charge on any atom is 0.265 e. The van der Waals surface area contributed by atoms with Crippen molar-refractivity contribution in [1.29, 1.82) is 0 Å². The molecule has 0 aliphatic rings. The Morgan fingerprint density at radius 3 is 2.43 bits per heavy atom. The van der Waals surface area contributed by atoms with E-state index < -0.39 is 6.10 Å². The van der Waals surface area contributed by atoms with E-state index in [1.807, 2.05) is 24.3 Å². The fraction of sp³-hybridized carbons (Fsp3) is 0.278.